The average molecular weight is 914 g/mol. The molecule has 0 aromatic heterocycles. The summed E-state index contributed by atoms with van der Waals surface area (Å²) in [5, 5.41) is 33.8. The third-order valence-electron chi connectivity index (χ3n) is 14.5. The van der Waals surface area contributed by atoms with E-state index >= 15 is 0 Å². The first-order chi connectivity index (χ1) is 30.7. The number of rotatable bonds is 6. The molecule has 1 saturated carbocycles. The van der Waals surface area contributed by atoms with Crippen LogP contribution in [0.25, 0.3) is 0 Å². The second kappa shape index (κ2) is 25.1. The Morgan fingerprint density at radius 3 is 2.25 bits per heavy atom. The monoisotopic (exact) mass is 914 g/mol. The number of hydrogen-bond donors (Lipinski definition) is 3. The molecule has 366 valence electrons. The molecule has 3 aliphatic heterocycles. The summed E-state index contributed by atoms with van der Waals surface area (Å²) < 4.78 is 29.4. The first kappa shape index (κ1) is 54.2. The molecular weight excluding hydrogens is 835 g/mol. The van der Waals surface area contributed by atoms with Crippen LogP contribution in [0.5, 0.6) is 0 Å². The lowest BCUT2D eigenvalue weighted by atomic mass is 9.78. The van der Waals surface area contributed by atoms with Crippen molar-refractivity contribution in [3.8, 4) is 0 Å². The smallest absolute Gasteiger partial charge is 0.329 e. The highest BCUT2D eigenvalue weighted by Gasteiger charge is 2.53. The van der Waals surface area contributed by atoms with Gasteiger partial charge in [0.15, 0.2) is 5.78 Å². The molecule has 3 fully saturated rings. The molecule has 0 aromatic carbocycles. The molecule has 3 N–H and O–H groups in total. The lowest BCUT2D eigenvalue weighted by Gasteiger charge is -2.42. The number of methoxy groups -OCH3 is 3. The summed E-state index contributed by atoms with van der Waals surface area (Å²) in [4.78, 5) is 71.8. The van der Waals surface area contributed by atoms with Gasteiger partial charge in [-0.05, 0) is 107 Å². The van der Waals surface area contributed by atoms with Gasteiger partial charge in [0.05, 0.1) is 24.4 Å². The van der Waals surface area contributed by atoms with Gasteiger partial charge >= 0.3 is 5.97 Å². The predicted molar refractivity (Wildman–Crippen MR) is 245 cm³/mol. The van der Waals surface area contributed by atoms with Crippen LogP contribution in [0.4, 0.5) is 0 Å². The van der Waals surface area contributed by atoms with E-state index < -0.39 is 83.9 Å². The van der Waals surface area contributed by atoms with Gasteiger partial charge in [-0.15, -0.1) is 0 Å². The largest absolute Gasteiger partial charge is 0.460 e. The third-order valence-corrected chi connectivity index (χ3v) is 14.5. The van der Waals surface area contributed by atoms with Crippen LogP contribution in [0.3, 0.4) is 0 Å². The Balaban J connectivity index is 1.70. The van der Waals surface area contributed by atoms with E-state index in [4.69, 9.17) is 23.7 Å². The van der Waals surface area contributed by atoms with E-state index in [1.807, 2.05) is 58.1 Å². The number of cyclic esters (lactones) is 1. The second-order valence-corrected chi connectivity index (χ2v) is 19.6. The number of aliphatic hydroxyl groups is 3. The third kappa shape index (κ3) is 14.3. The van der Waals surface area contributed by atoms with Crippen molar-refractivity contribution in [2.45, 2.75) is 180 Å². The minimum Gasteiger partial charge on any atom is -0.460 e. The number of amides is 1. The van der Waals surface area contributed by atoms with Crippen LogP contribution < -0.4 is 0 Å². The number of piperidine rings is 1. The maximum absolute atomic E-state index is 14.4. The molecule has 2 bridgehead atoms. The van der Waals surface area contributed by atoms with Gasteiger partial charge in [0, 0.05) is 58.5 Å². The van der Waals surface area contributed by atoms with Gasteiger partial charge in [0.25, 0.3) is 11.7 Å². The van der Waals surface area contributed by atoms with Crippen molar-refractivity contribution in [2.75, 3.05) is 27.9 Å². The molecule has 4 rings (SSSR count). The lowest BCUT2D eigenvalue weighted by Crippen LogP contribution is -2.61. The number of nitrogens with zero attached hydrogens (tertiary/aromatic N) is 1. The van der Waals surface area contributed by atoms with E-state index in [0.717, 1.165) is 12.0 Å². The van der Waals surface area contributed by atoms with Gasteiger partial charge < -0.3 is 43.9 Å². The zero-order chi connectivity index (χ0) is 48.2. The minimum atomic E-state index is -2.43. The Labute approximate surface area is 387 Å². The van der Waals surface area contributed by atoms with Crippen LogP contribution in [0, 0.1) is 35.5 Å². The average Bonchev–Trinajstić information content (AvgIpc) is 3.28. The number of esters is 1. The fourth-order valence-electron chi connectivity index (χ4n) is 10.1. The standard InChI is InChI=1S/C51H79NO13/c1-30-16-12-11-13-17-31(2)42(61-8)28-38-21-19-36(7)51(60,65-38)48(57)49(58)52-23-15-14-18-39(52)50(59)64-43(33(4)26-37-20-22-40(53)44(27-37)62-9)29-41(54)32(3)25-35(6)46(56)47(63-10)45(55)34(5)24-30/h11-13,16-17,25,30,32-34,36-40,42-44,46-47,53,56,60H,14-15,18-24,26-29H2,1-10H3/b13-11+,16-12+,31-17+,35-25+/t30-,32+,33+,34+,36+,37-,38-,39-,40+,42-,43-,44+,46+,47-,51+/m0/s1. The van der Waals surface area contributed by atoms with E-state index in [2.05, 4.69) is 0 Å². The summed E-state index contributed by atoms with van der Waals surface area (Å²) in [6.07, 6.45) is 11.2. The summed E-state index contributed by atoms with van der Waals surface area (Å²) in [6.45, 7) is 12.7. The van der Waals surface area contributed by atoms with Gasteiger partial charge in [0.1, 0.15) is 30.1 Å². The SMILES string of the molecule is CO[C@H]1C[C@@H]2CC[C@@H](C)[C@@](O)(O2)C(=O)C(=O)N2CCCC[C@H]2C(=O)O[C@H]([C@H](C)C[C@@H]2CC[C@@H](O)[C@H](OC)C2)CC(=O)[C@H](C)/C=C(\C)[C@@H](O)[C@@H](OC)C(=O)[C@H](C)C[C@@H](C)/C=C/C=C/C=C/1C. The fourth-order valence-corrected chi connectivity index (χ4v) is 10.1. The Kier molecular flexibility index (Phi) is 21.0. The maximum Gasteiger partial charge on any atom is 0.329 e. The Morgan fingerprint density at radius 1 is 0.846 bits per heavy atom. The molecule has 65 heavy (non-hydrogen) atoms. The van der Waals surface area contributed by atoms with Crippen molar-refractivity contribution < 1.29 is 63.0 Å². The van der Waals surface area contributed by atoms with Crippen LogP contribution in [0.15, 0.2) is 47.6 Å². The molecule has 0 unspecified atom stereocenters. The van der Waals surface area contributed by atoms with Crippen LogP contribution in [-0.4, -0.2) is 132 Å². The van der Waals surface area contributed by atoms with Crippen LogP contribution in [0.1, 0.15) is 126 Å². The minimum absolute atomic E-state index is 0.0193. The molecule has 0 aromatic rings. The summed E-state index contributed by atoms with van der Waals surface area (Å²) in [6, 6.07) is -1.14. The van der Waals surface area contributed by atoms with Crippen molar-refractivity contribution in [2.24, 2.45) is 35.5 Å². The topological polar surface area (TPSA) is 195 Å². The highest BCUT2D eigenvalue weighted by Crippen LogP contribution is 2.38. The van der Waals surface area contributed by atoms with Crippen molar-refractivity contribution >= 4 is 29.2 Å². The van der Waals surface area contributed by atoms with Crippen molar-refractivity contribution in [3.63, 3.8) is 0 Å². The normalized spacial score (nSPS) is 40.4. The molecule has 4 aliphatic rings. The molecule has 1 amide bonds. The second-order valence-electron chi connectivity index (χ2n) is 19.6. The predicted octanol–water partition coefficient (Wildman–Crippen LogP) is 6.18. The first-order valence-corrected chi connectivity index (χ1v) is 23.9. The molecule has 0 spiro atoms. The van der Waals surface area contributed by atoms with Gasteiger partial charge in [-0.2, -0.15) is 0 Å². The highest BCUT2D eigenvalue weighted by molar-refractivity contribution is 6.39. The van der Waals surface area contributed by atoms with Crippen LogP contribution in [0.2, 0.25) is 0 Å². The summed E-state index contributed by atoms with van der Waals surface area (Å²) >= 11 is 0. The molecule has 15 atom stereocenters. The number of aliphatic hydroxyl groups excluding tert-OH is 2. The zero-order valence-electron chi connectivity index (χ0n) is 40.6. The van der Waals surface area contributed by atoms with Gasteiger partial charge in [0.2, 0.25) is 5.79 Å². The summed E-state index contributed by atoms with van der Waals surface area (Å²) in [5.41, 5.74) is 1.27. The molecular formula is C51H79NO13. The Morgan fingerprint density at radius 2 is 1.57 bits per heavy atom. The van der Waals surface area contributed by atoms with E-state index in [0.29, 0.717) is 63.4 Å². The van der Waals surface area contributed by atoms with E-state index in [9.17, 15) is 39.3 Å². The van der Waals surface area contributed by atoms with Crippen LogP contribution in [-0.2, 0) is 47.7 Å². The maximum atomic E-state index is 14.4. The summed E-state index contributed by atoms with van der Waals surface area (Å²) in [5.74, 6) is -7.96. The first-order valence-electron chi connectivity index (χ1n) is 23.9. The molecule has 0 radical (unpaired) electrons. The number of ether oxygens (including phenoxy) is 5. The molecule has 14 heteroatoms. The quantitative estimate of drug-likeness (QED) is 0.156. The van der Waals surface area contributed by atoms with E-state index in [1.165, 1.54) is 12.0 Å². The number of Topliss-reactive ketones (excluding diaryl/α,β-unsaturated/α-hetero) is 3. The molecule has 3 heterocycles. The molecule has 2 saturated heterocycles. The van der Waals surface area contributed by atoms with Crippen molar-refractivity contribution in [1.82, 2.24) is 4.90 Å². The Bertz CT molecular complexity index is 1760. The highest BCUT2D eigenvalue weighted by atomic mass is 16.6. The summed E-state index contributed by atoms with van der Waals surface area (Å²) in [7, 11) is 4.52. The van der Waals surface area contributed by atoms with Crippen LogP contribution >= 0.6 is 0 Å². The number of carbonyl (C=O) groups excluding carboxylic acids is 5. The van der Waals surface area contributed by atoms with Crippen molar-refractivity contribution in [1.29, 1.82) is 0 Å². The number of ketones is 3. The zero-order valence-corrected chi connectivity index (χ0v) is 40.6. The molecule has 14 nitrogen and oxygen atoms in total. The van der Waals surface area contributed by atoms with Crippen molar-refractivity contribution in [3.05, 3.63) is 47.6 Å². The number of allylic oxidation sites excluding steroid dienone is 6. The number of hydrogen-bond acceptors (Lipinski definition) is 13. The Hall–Kier alpha value is -3.37. The number of fused-ring (bicyclic) bond motifs is 3. The van der Waals surface area contributed by atoms with Gasteiger partial charge in [-0.3, -0.25) is 19.2 Å². The van der Waals surface area contributed by atoms with Gasteiger partial charge in [-0.25, -0.2) is 4.79 Å². The van der Waals surface area contributed by atoms with E-state index in [-0.39, 0.29) is 54.8 Å². The fraction of sp³-hybridized carbons (Fsp3) is 0.745. The molecule has 1 aliphatic carbocycles. The number of carbonyl (C=O) groups is 5. The van der Waals surface area contributed by atoms with E-state index in [1.54, 1.807) is 41.1 Å². The lowest BCUT2D eigenvalue weighted by molar-refractivity contribution is -0.265. The van der Waals surface area contributed by atoms with Gasteiger partial charge in [-0.1, -0.05) is 71.1 Å².